The first kappa shape index (κ1) is 25.0. The second-order valence-electron chi connectivity index (χ2n) is 8.60. The first-order valence-corrected chi connectivity index (χ1v) is 12.6. The molecule has 0 aliphatic carbocycles. The van der Waals surface area contributed by atoms with Crippen LogP contribution in [0.1, 0.15) is 24.1 Å². The maximum Gasteiger partial charge on any atom is 0.271 e. The SMILES string of the molecule is COc1ccc([C@@H]2C(C(=O)Nc3ccccc3)=C(C)N=c3s/c(=C\c4cccc(O)c4)c(=O)n32)c(OC)c1. The van der Waals surface area contributed by atoms with Crippen LogP contribution in [0.3, 0.4) is 0 Å². The summed E-state index contributed by atoms with van der Waals surface area (Å²) in [5.74, 6) is 0.778. The van der Waals surface area contributed by atoms with Crippen molar-refractivity contribution in [3.63, 3.8) is 0 Å². The van der Waals surface area contributed by atoms with Crippen LogP contribution >= 0.6 is 11.3 Å². The number of allylic oxidation sites excluding steroid dienone is 1. The highest BCUT2D eigenvalue weighted by atomic mass is 32.1. The van der Waals surface area contributed by atoms with Gasteiger partial charge in [0.05, 0.1) is 30.0 Å². The largest absolute Gasteiger partial charge is 0.508 e. The minimum Gasteiger partial charge on any atom is -0.508 e. The molecule has 1 aliphatic rings. The topological polar surface area (TPSA) is 102 Å². The fraction of sp³-hybridized carbons (Fsp3) is 0.138. The van der Waals surface area contributed by atoms with E-state index in [1.807, 2.05) is 18.2 Å². The van der Waals surface area contributed by atoms with E-state index in [0.717, 1.165) is 0 Å². The molecule has 1 atom stereocenters. The number of carbonyl (C=O) groups is 1. The Kier molecular flexibility index (Phi) is 6.85. The van der Waals surface area contributed by atoms with Crippen LogP contribution < -0.4 is 29.7 Å². The highest BCUT2D eigenvalue weighted by Gasteiger charge is 2.34. The summed E-state index contributed by atoms with van der Waals surface area (Å²) >= 11 is 1.22. The van der Waals surface area contributed by atoms with Crippen molar-refractivity contribution in [1.82, 2.24) is 4.57 Å². The van der Waals surface area contributed by atoms with Crippen molar-refractivity contribution < 1.29 is 19.4 Å². The molecule has 2 heterocycles. The van der Waals surface area contributed by atoms with E-state index in [-0.39, 0.29) is 17.2 Å². The number of fused-ring (bicyclic) bond motifs is 1. The lowest BCUT2D eigenvalue weighted by Crippen LogP contribution is -2.40. The van der Waals surface area contributed by atoms with E-state index in [4.69, 9.17) is 9.47 Å². The standard InChI is InChI=1S/C29H25N3O5S/c1-17-25(27(34)31-19-9-5-4-6-10-19)26(22-13-12-21(36-2)16-23(22)37-3)32-28(35)24(38-29(32)30-17)15-18-8-7-11-20(33)14-18/h4-16,26,33H,1-3H3,(H,31,34)/b24-15-/t26-/m1/s1. The Labute approximate surface area is 222 Å². The van der Waals surface area contributed by atoms with Gasteiger partial charge in [-0.15, -0.1) is 0 Å². The number of nitrogens with one attached hydrogen (secondary N) is 1. The van der Waals surface area contributed by atoms with Gasteiger partial charge in [0.1, 0.15) is 23.3 Å². The highest BCUT2D eigenvalue weighted by molar-refractivity contribution is 7.07. The lowest BCUT2D eigenvalue weighted by Gasteiger charge is -2.26. The molecule has 0 unspecified atom stereocenters. The van der Waals surface area contributed by atoms with Gasteiger partial charge in [0.25, 0.3) is 11.5 Å². The smallest absolute Gasteiger partial charge is 0.271 e. The summed E-state index contributed by atoms with van der Waals surface area (Å²) in [5.41, 5.74) is 2.43. The third-order valence-corrected chi connectivity index (χ3v) is 7.18. The maximum absolute atomic E-state index is 13.8. The van der Waals surface area contributed by atoms with Crippen LogP contribution in [-0.4, -0.2) is 29.8 Å². The molecule has 2 N–H and O–H groups in total. The zero-order chi connectivity index (χ0) is 26.8. The van der Waals surface area contributed by atoms with E-state index >= 15 is 0 Å². The number of methoxy groups -OCH3 is 2. The Morgan fingerprint density at radius 2 is 1.84 bits per heavy atom. The minimum absolute atomic E-state index is 0.100. The van der Waals surface area contributed by atoms with Crippen LogP contribution in [0.5, 0.6) is 17.2 Å². The predicted molar refractivity (Wildman–Crippen MR) is 146 cm³/mol. The van der Waals surface area contributed by atoms with Crippen LogP contribution in [0.4, 0.5) is 5.69 Å². The first-order chi connectivity index (χ1) is 18.4. The molecular formula is C29H25N3O5S. The first-order valence-electron chi connectivity index (χ1n) is 11.8. The molecule has 8 nitrogen and oxygen atoms in total. The van der Waals surface area contributed by atoms with Crippen molar-refractivity contribution in [2.24, 2.45) is 4.99 Å². The van der Waals surface area contributed by atoms with Crippen molar-refractivity contribution >= 4 is 29.0 Å². The van der Waals surface area contributed by atoms with Crippen LogP contribution in [0, 0.1) is 0 Å². The second-order valence-corrected chi connectivity index (χ2v) is 9.61. The van der Waals surface area contributed by atoms with Crippen molar-refractivity contribution in [3.8, 4) is 17.2 Å². The van der Waals surface area contributed by atoms with Gasteiger partial charge < -0.3 is 19.9 Å². The Bertz CT molecular complexity index is 1740. The van der Waals surface area contributed by atoms with E-state index < -0.39 is 6.04 Å². The van der Waals surface area contributed by atoms with Gasteiger partial charge in [-0.05, 0) is 55.0 Å². The second kappa shape index (κ2) is 10.4. The van der Waals surface area contributed by atoms with Gasteiger partial charge in [0.15, 0.2) is 4.80 Å². The number of aromatic nitrogens is 1. The maximum atomic E-state index is 13.8. The van der Waals surface area contributed by atoms with Gasteiger partial charge in [0, 0.05) is 17.3 Å². The summed E-state index contributed by atoms with van der Waals surface area (Å²) < 4.78 is 13.0. The third-order valence-electron chi connectivity index (χ3n) is 6.20. The van der Waals surface area contributed by atoms with E-state index in [2.05, 4.69) is 10.3 Å². The summed E-state index contributed by atoms with van der Waals surface area (Å²) in [6, 6.07) is 20.2. The van der Waals surface area contributed by atoms with E-state index in [1.165, 1.54) is 23.0 Å². The number of phenols is 1. The van der Waals surface area contributed by atoms with Crippen molar-refractivity contribution in [1.29, 1.82) is 0 Å². The number of hydrogen-bond donors (Lipinski definition) is 2. The number of benzene rings is 3. The number of rotatable bonds is 6. The summed E-state index contributed by atoms with van der Waals surface area (Å²) in [6.07, 6.45) is 1.70. The predicted octanol–water partition coefficient (Wildman–Crippen LogP) is 3.60. The number of phenolic OH excluding ortho intramolecular Hbond substituents is 1. The fourth-order valence-corrected chi connectivity index (χ4v) is 5.48. The zero-order valence-electron chi connectivity index (χ0n) is 21.0. The molecule has 5 rings (SSSR count). The van der Waals surface area contributed by atoms with Crippen molar-refractivity contribution in [3.05, 3.63) is 115 Å². The molecule has 1 aliphatic heterocycles. The van der Waals surface area contributed by atoms with E-state index in [0.29, 0.717) is 48.9 Å². The van der Waals surface area contributed by atoms with Gasteiger partial charge in [0.2, 0.25) is 0 Å². The quantitative estimate of drug-likeness (QED) is 0.399. The normalized spacial score (nSPS) is 15.0. The molecular weight excluding hydrogens is 502 g/mol. The zero-order valence-corrected chi connectivity index (χ0v) is 21.8. The average molecular weight is 528 g/mol. The van der Waals surface area contributed by atoms with Crippen LogP contribution in [0.25, 0.3) is 6.08 Å². The molecule has 0 saturated heterocycles. The van der Waals surface area contributed by atoms with Crippen molar-refractivity contribution in [2.45, 2.75) is 13.0 Å². The Morgan fingerprint density at radius 1 is 1.05 bits per heavy atom. The van der Waals surface area contributed by atoms with E-state index in [9.17, 15) is 14.7 Å². The molecule has 0 spiro atoms. The molecule has 4 aromatic rings. The molecule has 3 aromatic carbocycles. The minimum atomic E-state index is -0.804. The van der Waals surface area contributed by atoms with E-state index in [1.54, 1.807) is 74.7 Å². The van der Waals surface area contributed by atoms with Gasteiger partial charge >= 0.3 is 0 Å². The molecule has 0 saturated carbocycles. The van der Waals surface area contributed by atoms with Crippen LogP contribution in [-0.2, 0) is 4.79 Å². The lowest BCUT2D eigenvalue weighted by atomic mass is 9.94. The van der Waals surface area contributed by atoms with Crippen molar-refractivity contribution in [2.75, 3.05) is 19.5 Å². The number of aromatic hydroxyl groups is 1. The summed E-state index contributed by atoms with van der Waals surface area (Å²) in [7, 11) is 3.09. The molecule has 1 aromatic heterocycles. The monoisotopic (exact) mass is 527 g/mol. The number of ether oxygens (including phenoxy) is 2. The fourth-order valence-electron chi connectivity index (χ4n) is 4.44. The average Bonchev–Trinajstić information content (AvgIpc) is 3.22. The van der Waals surface area contributed by atoms with Crippen LogP contribution in [0.2, 0.25) is 0 Å². The highest BCUT2D eigenvalue weighted by Crippen LogP contribution is 2.37. The molecule has 38 heavy (non-hydrogen) atoms. The molecule has 1 amide bonds. The number of anilines is 1. The molecule has 0 radical (unpaired) electrons. The Balaban J connectivity index is 1.72. The van der Waals surface area contributed by atoms with Gasteiger partial charge in [-0.25, -0.2) is 4.99 Å². The number of nitrogens with zero attached hydrogens (tertiary/aromatic N) is 2. The summed E-state index contributed by atoms with van der Waals surface area (Å²) in [4.78, 5) is 32.7. The number of para-hydroxylation sites is 1. The lowest BCUT2D eigenvalue weighted by molar-refractivity contribution is -0.113. The number of hydrogen-bond acceptors (Lipinski definition) is 7. The Morgan fingerprint density at radius 3 is 2.55 bits per heavy atom. The number of amides is 1. The molecule has 192 valence electrons. The summed E-state index contributed by atoms with van der Waals surface area (Å²) in [5, 5.41) is 12.8. The molecule has 0 fully saturated rings. The van der Waals surface area contributed by atoms with Gasteiger partial charge in [-0.1, -0.05) is 41.7 Å². The van der Waals surface area contributed by atoms with Gasteiger partial charge in [-0.2, -0.15) is 0 Å². The third kappa shape index (κ3) is 4.71. The van der Waals surface area contributed by atoms with Gasteiger partial charge in [-0.3, -0.25) is 14.2 Å². The summed E-state index contributed by atoms with van der Waals surface area (Å²) in [6.45, 7) is 1.76. The number of carbonyl (C=O) groups excluding carboxylic acids is 1. The van der Waals surface area contributed by atoms with Crippen LogP contribution in [0.15, 0.2) is 93.9 Å². The molecule has 0 bridgehead atoms. The Hall–Kier alpha value is -4.63. The molecule has 9 heteroatoms. The number of thiazole rings is 1.